The molecule has 0 saturated heterocycles. The lowest BCUT2D eigenvalue weighted by Crippen LogP contribution is -2.52. The van der Waals surface area contributed by atoms with E-state index in [-0.39, 0.29) is 18.3 Å². The predicted octanol–water partition coefficient (Wildman–Crippen LogP) is 3.29. The van der Waals surface area contributed by atoms with Crippen LogP contribution >= 0.6 is 12.4 Å². The number of nitrogens with two attached hydrogens (primary N) is 1. The molecule has 1 aliphatic rings. The van der Waals surface area contributed by atoms with Crippen molar-refractivity contribution in [3.05, 3.63) is 42.9 Å². The van der Waals surface area contributed by atoms with Gasteiger partial charge in [-0.05, 0) is 25.0 Å². The van der Waals surface area contributed by atoms with E-state index in [1.807, 2.05) is 12.1 Å². The number of anilines is 1. The van der Waals surface area contributed by atoms with Crippen molar-refractivity contribution in [1.82, 2.24) is 9.97 Å². The van der Waals surface area contributed by atoms with Crippen LogP contribution in [0.25, 0.3) is 0 Å². The maximum Gasteiger partial charge on any atom is 0.244 e. The van der Waals surface area contributed by atoms with Crippen LogP contribution in [-0.4, -0.2) is 21.4 Å². The Labute approximate surface area is 147 Å². The molecule has 1 aliphatic carbocycles. The third kappa shape index (κ3) is 4.43. The third-order valence-corrected chi connectivity index (χ3v) is 4.05. The van der Waals surface area contributed by atoms with Crippen LogP contribution in [-0.2, 0) is 4.79 Å². The Morgan fingerprint density at radius 2 is 2.00 bits per heavy atom. The van der Waals surface area contributed by atoms with E-state index in [4.69, 9.17) is 10.5 Å². The fourth-order valence-electron chi connectivity index (χ4n) is 2.76. The number of amides is 1. The maximum atomic E-state index is 12.5. The second kappa shape index (κ2) is 8.08. The number of nitrogens with one attached hydrogen (secondary N) is 1. The van der Waals surface area contributed by atoms with Crippen molar-refractivity contribution in [2.24, 2.45) is 5.73 Å². The summed E-state index contributed by atoms with van der Waals surface area (Å²) in [5.74, 6) is 0.852. The first-order chi connectivity index (χ1) is 11.2. The number of halogens is 1. The summed E-state index contributed by atoms with van der Waals surface area (Å²) in [6.45, 7) is 0. The highest BCUT2D eigenvalue weighted by Gasteiger charge is 2.35. The van der Waals surface area contributed by atoms with Crippen molar-refractivity contribution >= 4 is 24.0 Å². The largest absolute Gasteiger partial charge is 0.437 e. The van der Waals surface area contributed by atoms with Crippen LogP contribution in [0.5, 0.6) is 11.6 Å². The molecule has 1 aromatic carbocycles. The number of carbonyl (C=O) groups is 1. The number of aromatic nitrogens is 2. The van der Waals surface area contributed by atoms with Crippen LogP contribution in [0.3, 0.4) is 0 Å². The number of ether oxygens (including phenoxy) is 1. The van der Waals surface area contributed by atoms with Gasteiger partial charge >= 0.3 is 0 Å². The molecule has 3 rings (SSSR count). The van der Waals surface area contributed by atoms with Gasteiger partial charge in [0.25, 0.3) is 0 Å². The van der Waals surface area contributed by atoms with Crippen molar-refractivity contribution in [1.29, 1.82) is 0 Å². The van der Waals surface area contributed by atoms with Crippen LogP contribution in [0.4, 0.5) is 5.69 Å². The second-order valence-corrected chi connectivity index (χ2v) is 5.84. The first-order valence-electron chi connectivity index (χ1n) is 7.80. The monoisotopic (exact) mass is 348 g/mol. The van der Waals surface area contributed by atoms with Gasteiger partial charge < -0.3 is 15.8 Å². The van der Waals surface area contributed by atoms with Gasteiger partial charge in [-0.2, -0.15) is 0 Å². The fraction of sp³-hybridized carbons (Fsp3) is 0.353. The minimum Gasteiger partial charge on any atom is -0.437 e. The molecule has 1 fully saturated rings. The quantitative estimate of drug-likeness (QED) is 0.884. The molecule has 0 aliphatic heterocycles. The van der Waals surface area contributed by atoms with Gasteiger partial charge in [-0.1, -0.05) is 25.3 Å². The van der Waals surface area contributed by atoms with Gasteiger partial charge in [-0.3, -0.25) is 9.78 Å². The maximum absolute atomic E-state index is 12.5. The van der Waals surface area contributed by atoms with Crippen molar-refractivity contribution in [3.8, 4) is 11.6 Å². The van der Waals surface area contributed by atoms with Crippen molar-refractivity contribution < 1.29 is 9.53 Å². The predicted molar refractivity (Wildman–Crippen MR) is 94.4 cm³/mol. The first kappa shape index (κ1) is 18.2. The molecule has 0 unspecified atom stereocenters. The van der Waals surface area contributed by atoms with Gasteiger partial charge in [-0.25, -0.2) is 4.98 Å². The van der Waals surface area contributed by atoms with Gasteiger partial charge in [0.2, 0.25) is 11.8 Å². The Morgan fingerprint density at radius 1 is 1.21 bits per heavy atom. The Bertz CT molecular complexity index is 675. The second-order valence-electron chi connectivity index (χ2n) is 5.84. The highest BCUT2D eigenvalue weighted by atomic mass is 35.5. The van der Waals surface area contributed by atoms with Crippen LogP contribution in [0.1, 0.15) is 32.1 Å². The van der Waals surface area contributed by atoms with Crippen LogP contribution in [0, 0.1) is 0 Å². The molecule has 3 N–H and O–H groups in total. The molecule has 0 bridgehead atoms. The average molecular weight is 349 g/mol. The summed E-state index contributed by atoms with van der Waals surface area (Å²) >= 11 is 0. The Kier molecular flexibility index (Phi) is 6.11. The van der Waals surface area contributed by atoms with E-state index < -0.39 is 5.54 Å². The molecule has 0 radical (unpaired) electrons. The SMILES string of the molecule is Cl.NC1(C(=O)Nc2cccc(Oc3cnccn3)c2)CCCCC1. The minimum absolute atomic E-state index is 0. The van der Waals surface area contributed by atoms with E-state index in [0.717, 1.165) is 32.1 Å². The smallest absolute Gasteiger partial charge is 0.244 e. The van der Waals surface area contributed by atoms with Crippen molar-refractivity contribution in [2.45, 2.75) is 37.6 Å². The standard InChI is InChI=1S/C17H20N4O2.ClH/c18-17(7-2-1-3-8-17)16(22)21-13-5-4-6-14(11-13)23-15-12-19-9-10-20-15;/h4-6,9-12H,1-3,7-8,18H2,(H,21,22);1H. The first-order valence-corrected chi connectivity index (χ1v) is 7.80. The molecule has 128 valence electrons. The lowest BCUT2D eigenvalue weighted by molar-refractivity contribution is -0.122. The number of hydrogen-bond acceptors (Lipinski definition) is 5. The molecule has 2 aromatic rings. The van der Waals surface area contributed by atoms with Crippen molar-refractivity contribution in [2.75, 3.05) is 5.32 Å². The molecule has 1 amide bonds. The summed E-state index contributed by atoms with van der Waals surface area (Å²) in [6, 6.07) is 7.17. The third-order valence-electron chi connectivity index (χ3n) is 4.05. The Hall–Kier alpha value is -2.18. The lowest BCUT2D eigenvalue weighted by Gasteiger charge is -2.31. The Morgan fingerprint density at radius 3 is 2.71 bits per heavy atom. The van der Waals surface area contributed by atoms with Crippen LogP contribution in [0.15, 0.2) is 42.9 Å². The fourth-order valence-corrected chi connectivity index (χ4v) is 2.76. The molecule has 1 saturated carbocycles. The molecule has 1 heterocycles. The van der Waals surface area contributed by atoms with E-state index in [9.17, 15) is 4.79 Å². The highest BCUT2D eigenvalue weighted by Crippen LogP contribution is 2.28. The highest BCUT2D eigenvalue weighted by molar-refractivity contribution is 5.98. The molecule has 7 heteroatoms. The van der Waals surface area contributed by atoms with E-state index in [2.05, 4.69) is 15.3 Å². The summed E-state index contributed by atoms with van der Waals surface area (Å²) in [5.41, 5.74) is 6.15. The molecular formula is C17H21ClN4O2. The van der Waals surface area contributed by atoms with Gasteiger partial charge in [0, 0.05) is 24.1 Å². The van der Waals surface area contributed by atoms with Gasteiger partial charge in [0.05, 0.1) is 11.7 Å². The van der Waals surface area contributed by atoms with E-state index in [0.29, 0.717) is 17.3 Å². The summed E-state index contributed by atoms with van der Waals surface area (Å²) in [5, 5.41) is 2.90. The summed E-state index contributed by atoms with van der Waals surface area (Å²) in [6.07, 6.45) is 9.27. The molecule has 6 nitrogen and oxygen atoms in total. The molecule has 24 heavy (non-hydrogen) atoms. The zero-order valence-electron chi connectivity index (χ0n) is 13.3. The van der Waals surface area contributed by atoms with Gasteiger partial charge in [0.1, 0.15) is 5.75 Å². The summed E-state index contributed by atoms with van der Waals surface area (Å²) < 4.78 is 5.62. The van der Waals surface area contributed by atoms with Crippen LogP contribution in [0.2, 0.25) is 0 Å². The van der Waals surface area contributed by atoms with Crippen LogP contribution < -0.4 is 15.8 Å². The molecule has 0 atom stereocenters. The number of carbonyl (C=O) groups excluding carboxylic acids is 1. The number of benzene rings is 1. The van der Waals surface area contributed by atoms with E-state index in [1.54, 1.807) is 24.5 Å². The van der Waals surface area contributed by atoms with E-state index in [1.165, 1.54) is 6.20 Å². The zero-order chi connectivity index (χ0) is 16.1. The molecule has 0 spiro atoms. The number of hydrogen-bond donors (Lipinski definition) is 2. The minimum atomic E-state index is -0.764. The number of nitrogens with zero attached hydrogens (tertiary/aromatic N) is 2. The normalized spacial score (nSPS) is 15.9. The Balaban J connectivity index is 0.00000208. The number of rotatable bonds is 4. The van der Waals surface area contributed by atoms with Crippen molar-refractivity contribution in [3.63, 3.8) is 0 Å². The summed E-state index contributed by atoms with van der Waals surface area (Å²) in [4.78, 5) is 20.5. The average Bonchev–Trinajstić information content (AvgIpc) is 2.57. The van der Waals surface area contributed by atoms with Gasteiger partial charge in [-0.15, -0.1) is 12.4 Å². The lowest BCUT2D eigenvalue weighted by atomic mass is 9.82. The van der Waals surface area contributed by atoms with E-state index >= 15 is 0 Å². The topological polar surface area (TPSA) is 90.1 Å². The summed E-state index contributed by atoms with van der Waals surface area (Å²) in [7, 11) is 0. The zero-order valence-corrected chi connectivity index (χ0v) is 14.1. The molecular weight excluding hydrogens is 328 g/mol. The molecule has 1 aromatic heterocycles. The van der Waals surface area contributed by atoms with Gasteiger partial charge in [0.15, 0.2) is 0 Å².